The quantitative estimate of drug-likeness (QED) is 0.841. The van der Waals surface area contributed by atoms with Gasteiger partial charge in [0.15, 0.2) is 5.13 Å². The Kier molecular flexibility index (Phi) is 2.56. The van der Waals surface area contributed by atoms with Gasteiger partial charge in [0, 0.05) is 23.3 Å². The number of hydrogen-bond acceptors (Lipinski definition) is 5. The number of nitrogens with two attached hydrogens (primary N) is 2. The van der Waals surface area contributed by atoms with E-state index in [1.807, 2.05) is 0 Å². The molecule has 2 aliphatic rings. The number of aryl methyl sites for hydroxylation is 1. The molecule has 0 amide bonds. The summed E-state index contributed by atoms with van der Waals surface area (Å²) in [5, 5.41) is 0.650. The van der Waals surface area contributed by atoms with Gasteiger partial charge in [-0.1, -0.05) is 12.1 Å². The molecule has 20 heavy (non-hydrogen) atoms. The van der Waals surface area contributed by atoms with Crippen LogP contribution >= 0.6 is 11.3 Å². The van der Waals surface area contributed by atoms with E-state index in [2.05, 4.69) is 23.2 Å². The van der Waals surface area contributed by atoms with Crippen LogP contribution in [-0.4, -0.2) is 11.6 Å². The van der Waals surface area contributed by atoms with Crippen molar-refractivity contribution in [3.05, 3.63) is 39.9 Å². The normalized spacial score (nSPS) is 24.1. The maximum absolute atomic E-state index is 6.68. The minimum Gasteiger partial charge on any atom is -0.493 e. The molecule has 1 aromatic heterocycles. The zero-order valence-electron chi connectivity index (χ0n) is 11.2. The Morgan fingerprint density at radius 3 is 3.10 bits per heavy atom. The molecule has 0 bridgehead atoms. The zero-order chi connectivity index (χ0) is 13.7. The summed E-state index contributed by atoms with van der Waals surface area (Å²) in [7, 11) is 0. The highest BCUT2D eigenvalue weighted by Gasteiger charge is 2.35. The zero-order valence-corrected chi connectivity index (χ0v) is 12.0. The number of fused-ring (bicyclic) bond motifs is 2. The number of aromatic nitrogens is 1. The molecule has 4 rings (SSSR count). The van der Waals surface area contributed by atoms with Gasteiger partial charge in [0.1, 0.15) is 5.75 Å². The average molecular weight is 287 g/mol. The summed E-state index contributed by atoms with van der Waals surface area (Å²) in [5.74, 6) is 1.00. The van der Waals surface area contributed by atoms with Crippen LogP contribution in [0.4, 0.5) is 5.13 Å². The van der Waals surface area contributed by atoms with E-state index in [1.165, 1.54) is 10.4 Å². The van der Waals surface area contributed by atoms with Gasteiger partial charge in [-0.25, -0.2) is 4.98 Å². The van der Waals surface area contributed by atoms with Crippen molar-refractivity contribution in [2.75, 3.05) is 12.3 Å². The highest BCUT2D eigenvalue weighted by molar-refractivity contribution is 7.15. The summed E-state index contributed by atoms with van der Waals surface area (Å²) in [6.07, 6.45) is 3.62. The predicted molar refractivity (Wildman–Crippen MR) is 80.1 cm³/mol. The molecule has 2 aromatic rings. The van der Waals surface area contributed by atoms with Gasteiger partial charge in [-0.15, -0.1) is 11.3 Å². The summed E-state index contributed by atoms with van der Waals surface area (Å²) < 4.78 is 5.66. The minimum absolute atomic E-state index is 0.326. The van der Waals surface area contributed by atoms with E-state index < -0.39 is 0 Å². The second-order valence-corrected chi connectivity index (χ2v) is 6.79. The van der Waals surface area contributed by atoms with Gasteiger partial charge in [-0.05, 0) is 30.0 Å². The van der Waals surface area contributed by atoms with E-state index in [0.29, 0.717) is 5.13 Å². The van der Waals surface area contributed by atoms with Crippen LogP contribution in [0.3, 0.4) is 0 Å². The van der Waals surface area contributed by atoms with Crippen LogP contribution in [0.1, 0.15) is 28.1 Å². The fourth-order valence-electron chi connectivity index (χ4n) is 3.18. The van der Waals surface area contributed by atoms with Crippen LogP contribution in [-0.2, 0) is 24.8 Å². The summed E-state index contributed by atoms with van der Waals surface area (Å²) in [4.78, 5) is 5.62. The number of nitrogens with zero attached hydrogens (tertiary/aromatic N) is 1. The van der Waals surface area contributed by atoms with Crippen molar-refractivity contribution in [3.8, 4) is 5.75 Å². The number of rotatable bonds is 1. The Hall–Kier alpha value is -1.59. The van der Waals surface area contributed by atoms with Gasteiger partial charge in [-0.2, -0.15) is 0 Å². The molecule has 4 nitrogen and oxygen atoms in total. The Balaban J connectivity index is 1.71. The van der Waals surface area contributed by atoms with Gasteiger partial charge >= 0.3 is 0 Å². The molecule has 0 saturated heterocycles. The lowest BCUT2D eigenvalue weighted by molar-refractivity contribution is 0.351. The lowest BCUT2D eigenvalue weighted by Gasteiger charge is -2.33. The number of ether oxygens (including phenoxy) is 1. The van der Waals surface area contributed by atoms with Gasteiger partial charge in [0.05, 0.1) is 12.3 Å². The Morgan fingerprint density at radius 1 is 1.30 bits per heavy atom. The highest BCUT2D eigenvalue weighted by atomic mass is 32.1. The molecule has 4 N–H and O–H groups in total. The first-order valence-corrected chi connectivity index (χ1v) is 7.75. The van der Waals surface area contributed by atoms with E-state index in [9.17, 15) is 0 Å². The molecule has 0 saturated carbocycles. The molecule has 2 heterocycles. The summed E-state index contributed by atoms with van der Waals surface area (Å²) in [6, 6.07) is 6.43. The van der Waals surface area contributed by atoms with Crippen molar-refractivity contribution in [2.24, 2.45) is 5.73 Å². The van der Waals surface area contributed by atoms with Crippen LogP contribution in [0.25, 0.3) is 0 Å². The van der Waals surface area contributed by atoms with Crippen molar-refractivity contribution in [1.29, 1.82) is 0 Å². The maximum atomic E-state index is 6.68. The summed E-state index contributed by atoms with van der Waals surface area (Å²) in [6.45, 7) is 0.784. The lowest BCUT2D eigenvalue weighted by atomic mass is 9.78. The molecular formula is C15H17N3OS. The van der Waals surface area contributed by atoms with Gasteiger partial charge in [0.25, 0.3) is 0 Å². The van der Waals surface area contributed by atoms with Crippen molar-refractivity contribution < 1.29 is 4.74 Å². The molecule has 0 radical (unpaired) electrons. The fourth-order valence-corrected chi connectivity index (χ4v) is 4.18. The van der Waals surface area contributed by atoms with Crippen molar-refractivity contribution in [2.45, 2.75) is 31.2 Å². The number of benzene rings is 1. The first-order valence-electron chi connectivity index (χ1n) is 6.93. The average Bonchev–Trinajstić information content (AvgIpc) is 3.02. The molecule has 1 aromatic carbocycles. The van der Waals surface area contributed by atoms with Crippen molar-refractivity contribution >= 4 is 16.5 Å². The van der Waals surface area contributed by atoms with Gasteiger partial charge < -0.3 is 16.2 Å². The van der Waals surface area contributed by atoms with Crippen LogP contribution in [0.15, 0.2) is 18.2 Å². The molecule has 1 atom stereocenters. The Morgan fingerprint density at radius 2 is 2.20 bits per heavy atom. The lowest BCUT2D eigenvalue weighted by Crippen LogP contribution is -2.41. The van der Waals surface area contributed by atoms with E-state index in [0.717, 1.165) is 49.3 Å². The Labute approximate surface area is 121 Å². The summed E-state index contributed by atoms with van der Waals surface area (Å²) >= 11 is 1.57. The second kappa shape index (κ2) is 4.20. The van der Waals surface area contributed by atoms with Crippen LogP contribution in [0, 0.1) is 0 Å². The van der Waals surface area contributed by atoms with Gasteiger partial charge in [0.2, 0.25) is 0 Å². The van der Waals surface area contributed by atoms with Crippen molar-refractivity contribution in [3.63, 3.8) is 0 Å². The Bertz CT molecular complexity index is 682. The number of anilines is 1. The molecular weight excluding hydrogens is 270 g/mol. The molecule has 5 heteroatoms. The third-order valence-corrected chi connectivity index (χ3v) is 5.28. The molecule has 1 aliphatic carbocycles. The number of hydrogen-bond donors (Lipinski definition) is 2. The predicted octanol–water partition coefficient (Wildman–Crippen LogP) is 2.00. The molecule has 0 fully saturated rings. The third kappa shape index (κ3) is 1.81. The molecule has 1 aliphatic heterocycles. The fraction of sp³-hybridized carbons (Fsp3) is 0.400. The summed E-state index contributed by atoms with van der Waals surface area (Å²) in [5.41, 5.74) is 15.7. The number of thiazole rings is 1. The monoisotopic (exact) mass is 287 g/mol. The first kappa shape index (κ1) is 12.2. The maximum Gasteiger partial charge on any atom is 0.180 e. The largest absolute Gasteiger partial charge is 0.493 e. The topological polar surface area (TPSA) is 74.2 Å². The number of nitrogen functional groups attached to an aromatic ring is 1. The van der Waals surface area contributed by atoms with Crippen LogP contribution in [0.5, 0.6) is 5.75 Å². The van der Waals surface area contributed by atoms with Crippen LogP contribution < -0.4 is 16.2 Å². The smallest absolute Gasteiger partial charge is 0.180 e. The van der Waals surface area contributed by atoms with E-state index in [1.54, 1.807) is 11.3 Å². The van der Waals surface area contributed by atoms with E-state index in [4.69, 9.17) is 16.2 Å². The van der Waals surface area contributed by atoms with Crippen molar-refractivity contribution in [1.82, 2.24) is 4.98 Å². The SMILES string of the molecule is Nc1nc2c(s1)CC(N)(c1ccc3c(c1)OCC3)CC2. The molecule has 0 spiro atoms. The standard InChI is InChI=1S/C15H17N3OS/c16-14-18-11-3-5-15(17,8-13(11)20-14)10-2-1-9-4-6-19-12(9)7-10/h1-2,7H,3-6,8,17H2,(H2,16,18). The van der Waals surface area contributed by atoms with E-state index >= 15 is 0 Å². The minimum atomic E-state index is -0.326. The van der Waals surface area contributed by atoms with Crippen LogP contribution in [0.2, 0.25) is 0 Å². The van der Waals surface area contributed by atoms with Gasteiger partial charge in [-0.3, -0.25) is 0 Å². The molecule has 104 valence electrons. The first-order chi connectivity index (χ1) is 9.64. The van der Waals surface area contributed by atoms with E-state index in [-0.39, 0.29) is 5.54 Å². The molecule has 1 unspecified atom stereocenters. The third-order valence-electron chi connectivity index (χ3n) is 4.35. The second-order valence-electron chi connectivity index (χ2n) is 5.68. The highest BCUT2D eigenvalue weighted by Crippen LogP contribution is 2.39.